The van der Waals surface area contributed by atoms with E-state index in [0.717, 1.165) is 24.1 Å². The Morgan fingerprint density at radius 2 is 1.90 bits per heavy atom. The number of halogens is 2. The molecule has 1 heterocycles. The molecule has 1 N–H and O–H groups in total. The lowest BCUT2D eigenvalue weighted by molar-refractivity contribution is -0.195. The maximum Gasteiger partial charge on any atom is 0.407 e. The smallest absolute Gasteiger partial charge is 0.407 e. The molecule has 3 fully saturated rings. The number of carbonyl (C=O) groups is 1. The van der Waals surface area contributed by atoms with Crippen LogP contribution in [0.25, 0.3) is 0 Å². The molecule has 2 aromatic rings. The molecule has 1 spiro atoms. The number of hydrogen-bond acceptors (Lipinski definition) is 4. The Morgan fingerprint density at radius 1 is 1.13 bits per heavy atom. The molecule has 4 atom stereocenters. The number of hydrogen-bond donors (Lipinski definition) is 1. The number of ether oxygens (including phenoxy) is 3. The van der Waals surface area contributed by atoms with Crippen molar-refractivity contribution in [1.29, 1.82) is 0 Å². The summed E-state index contributed by atoms with van der Waals surface area (Å²) in [6.07, 6.45) is 0.561. The van der Waals surface area contributed by atoms with Crippen molar-refractivity contribution in [3.63, 3.8) is 0 Å². The van der Waals surface area contributed by atoms with E-state index in [1.165, 1.54) is 6.07 Å². The minimum atomic E-state index is -0.762. The average molecular weight is 415 g/mol. The highest BCUT2D eigenvalue weighted by Crippen LogP contribution is 2.63. The largest absolute Gasteiger partial charge is 0.445 e. The predicted molar refractivity (Wildman–Crippen MR) is 103 cm³/mol. The summed E-state index contributed by atoms with van der Waals surface area (Å²) in [5.41, 5.74) is 1.15. The Kier molecular flexibility index (Phi) is 4.95. The van der Waals surface area contributed by atoms with Crippen LogP contribution in [0.3, 0.4) is 0 Å². The summed E-state index contributed by atoms with van der Waals surface area (Å²) in [6, 6.07) is 12.3. The first-order chi connectivity index (χ1) is 14.6. The molecule has 1 amide bonds. The zero-order chi connectivity index (χ0) is 20.7. The van der Waals surface area contributed by atoms with Crippen LogP contribution in [0.15, 0.2) is 48.5 Å². The van der Waals surface area contributed by atoms with Crippen LogP contribution in [0, 0.1) is 23.5 Å². The van der Waals surface area contributed by atoms with Crippen molar-refractivity contribution in [3.8, 4) is 0 Å². The van der Waals surface area contributed by atoms with Crippen molar-refractivity contribution in [1.82, 2.24) is 5.32 Å². The van der Waals surface area contributed by atoms with Gasteiger partial charge in [-0.25, -0.2) is 13.6 Å². The fraction of sp³-hybridized carbons (Fsp3) is 0.435. The van der Waals surface area contributed by atoms with E-state index >= 15 is 0 Å². The Bertz CT molecular complexity index is 932. The van der Waals surface area contributed by atoms with Crippen molar-refractivity contribution in [3.05, 3.63) is 71.3 Å². The van der Waals surface area contributed by atoms with Crippen molar-refractivity contribution in [2.75, 3.05) is 13.2 Å². The van der Waals surface area contributed by atoms with E-state index in [2.05, 4.69) is 5.32 Å². The highest BCUT2D eigenvalue weighted by Gasteiger charge is 2.65. The number of nitrogens with one attached hydrogen (secondary N) is 1. The molecule has 1 aliphatic heterocycles. The van der Waals surface area contributed by atoms with Gasteiger partial charge in [0.25, 0.3) is 0 Å². The van der Waals surface area contributed by atoms with Crippen molar-refractivity contribution < 1.29 is 27.8 Å². The number of benzene rings is 2. The summed E-state index contributed by atoms with van der Waals surface area (Å²) in [5, 5.41) is 2.88. The molecule has 7 heteroatoms. The summed E-state index contributed by atoms with van der Waals surface area (Å²) in [4.78, 5) is 12.6. The number of alkyl carbamates (subject to hydrolysis) is 1. The molecule has 5 nitrogen and oxygen atoms in total. The topological polar surface area (TPSA) is 56.8 Å². The van der Waals surface area contributed by atoms with Crippen molar-refractivity contribution in [2.24, 2.45) is 11.8 Å². The van der Waals surface area contributed by atoms with E-state index in [9.17, 15) is 13.6 Å². The molecule has 0 bridgehead atoms. The van der Waals surface area contributed by atoms with E-state index < -0.39 is 29.6 Å². The van der Waals surface area contributed by atoms with Crippen molar-refractivity contribution in [2.45, 2.75) is 37.2 Å². The zero-order valence-corrected chi connectivity index (χ0v) is 16.4. The second-order valence-electron chi connectivity index (χ2n) is 8.22. The molecule has 0 aromatic heterocycles. The highest BCUT2D eigenvalue weighted by molar-refractivity contribution is 5.68. The van der Waals surface area contributed by atoms with Crippen LogP contribution in [0.1, 0.15) is 29.9 Å². The van der Waals surface area contributed by atoms with Gasteiger partial charge in [0, 0.05) is 24.3 Å². The molecule has 2 aliphatic carbocycles. The molecule has 3 aliphatic rings. The monoisotopic (exact) mass is 415 g/mol. The van der Waals surface area contributed by atoms with Crippen LogP contribution in [-0.2, 0) is 20.8 Å². The molecular formula is C23H23F2NO4. The maximum absolute atomic E-state index is 14.6. The molecule has 30 heavy (non-hydrogen) atoms. The van der Waals surface area contributed by atoms with Gasteiger partial charge < -0.3 is 19.5 Å². The van der Waals surface area contributed by atoms with E-state index in [-0.39, 0.29) is 29.9 Å². The third kappa shape index (κ3) is 3.56. The van der Waals surface area contributed by atoms with Crippen LogP contribution in [0.5, 0.6) is 0 Å². The minimum Gasteiger partial charge on any atom is -0.445 e. The normalized spacial score (nSPS) is 28.7. The molecule has 0 radical (unpaired) electrons. The Balaban J connectivity index is 1.37. The fourth-order valence-corrected chi connectivity index (χ4v) is 5.08. The maximum atomic E-state index is 14.6. The number of rotatable bonds is 4. The second-order valence-corrected chi connectivity index (χ2v) is 8.22. The molecule has 2 aromatic carbocycles. The van der Waals surface area contributed by atoms with Crippen LogP contribution >= 0.6 is 0 Å². The van der Waals surface area contributed by atoms with Gasteiger partial charge in [0.2, 0.25) is 0 Å². The van der Waals surface area contributed by atoms with Gasteiger partial charge in [-0.15, -0.1) is 0 Å². The third-order valence-electron chi connectivity index (χ3n) is 6.41. The summed E-state index contributed by atoms with van der Waals surface area (Å²) >= 11 is 0. The molecule has 158 valence electrons. The Hall–Kier alpha value is -2.51. The van der Waals surface area contributed by atoms with Gasteiger partial charge in [-0.3, -0.25) is 0 Å². The Morgan fingerprint density at radius 3 is 2.67 bits per heavy atom. The van der Waals surface area contributed by atoms with Gasteiger partial charge in [0.15, 0.2) is 5.79 Å². The second kappa shape index (κ2) is 7.63. The van der Waals surface area contributed by atoms with E-state index in [4.69, 9.17) is 14.2 Å². The molecule has 5 rings (SSSR count). The van der Waals surface area contributed by atoms with Crippen molar-refractivity contribution >= 4 is 6.09 Å². The number of fused-ring (bicyclic) bond motifs is 2. The first-order valence-corrected chi connectivity index (χ1v) is 10.3. The molecule has 0 unspecified atom stereocenters. The van der Waals surface area contributed by atoms with Gasteiger partial charge >= 0.3 is 6.09 Å². The number of amides is 1. The SMILES string of the molecule is O=C(N[C@H]1CC2(OCCO2)[C@H]2C[C@H]2[C@@H]1c1cc(F)ccc1F)OCc1ccccc1. The number of carbonyl (C=O) groups excluding carboxylic acids is 1. The lowest BCUT2D eigenvalue weighted by Crippen LogP contribution is -2.51. The quantitative estimate of drug-likeness (QED) is 0.816. The average Bonchev–Trinajstić information content (AvgIpc) is 3.42. The first-order valence-electron chi connectivity index (χ1n) is 10.3. The highest BCUT2D eigenvalue weighted by atomic mass is 19.1. The van der Waals surface area contributed by atoms with E-state index in [1.807, 2.05) is 30.3 Å². The predicted octanol–water partition coefficient (Wildman–Crippen LogP) is 4.13. The van der Waals surface area contributed by atoms with Crippen LogP contribution < -0.4 is 5.32 Å². The van der Waals surface area contributed by atoms with Crippen LogP contribution in [0.2, 0.25) is 0 Å². The summed E-state index contributed by atoms with van der Waals surface area (Å²) in [5.74, 6) is -1.93. The summed E-state index contributed by atoms with van der Waals surface area (Å²) < 4.78 is 45.8. The first kappa shape index (κ1) is 19.5. The van der Waals surface area contributed by atoms with E-state index in [1.54, 1.807) is 0 Å². The standard InChI is InChI=1S/C23H23F2NO4/c24-15-6-7-19(25)17(10-15)21-16-11-18(16)23(29-8-9-30-23)12-20(21)26-22(27)28-13-14-4-2-1-3-5-14/h1-7,10,16,18,20-21H,8-9,11-13H2,(H,26,27)/t16-,18+,20+,21-/m1/s1. The lowest BCUT2D eigenvalue weighted by atomic mass is 9.76. The summed E-state index contributed by atoms with van der Waals surface area (Å²) in [7, 11) is 0. The van der Waals surface area contributed by atoms with Gasteiger partial charge in [-0.05, 0) is 41.7 Å². The molecule has 1 saturated heterocycles. The van der Waals surface area contributed by atoms with Crippen LogP contribution in [-0.4, -0.2) is 31.1 Å². The zero-order valence-electron chi connectivity index (χ0n) is 16.4. The van der Waals surface area contributed by atoms with Gasteiger partial charge in [-0.1, -0.05) is 30.3 Å². The molecule has 2 saturated carbocycles. The van der Waals surface area contributed by atoms with Crippen LogP contribution in [0.4, 0.5) is 13.6 Å². The molecular weight excluding hydrogens is 392 g/mol. The minimum absolute atomic E-state index is 0.0487. The third-order valence-corrected chi connectivity index (χ3v) is 6.41. The van der Waals surface area contributed by atoms with Gasteiger partial charge in [0.1, 0.15) is 18.2 Å². The Labute approximate surface area is 173 Å². The summed E-state index contributed by atoms with van der Waals surface area (Å²) in [6.45, 7) is 1.11. The lowest BCUT2D eigenvalue weighted by Gasteiger charge is -2.41. The van der Waals surface area contributed by atoms with Gasteiger partial charge in [0.05, 0.1) is 13.2 Å². The van der Waals surface area contributed by atoms with E-state index in [0.29, 0.717) is 19.6 Å². The van der Waals surface area contributed by atoms with Gasteiger partial charge in [-0.2, -0.15) is 0 Å². The fourth-order valence-electron chi connectivity index (χ4n) is 5.08.